The molecule has 0 aromatic carbocycles. The summed E-state index contributed by atoms with van der Waals surface area (Å²) < 4.78 is 0. The van der Waals surface area contributed by atoms with Gasteiger partial charge in [-0.25, -0.2) is 0 Å². The molecule has 0 bridgehead atoms. The lowest BCUT2D eigenvalue weighted by atomic mass is 9.92. The molecule has 0 radical (unpaired) electrons. The quantitative estimate of drug-likeness (QED) is 0.725. The molecule has 1 aliphatic rings. The number of nitrogens with zero attached hydrogens (tertiary/aromatic N) is 2. The van der Waals surface area contributed by atoms with E-state index < -0.39 is 11.4 Å². The highest BCUT2D eigenvalue weighted by Gasteiger charge is 2.30. The Morgan fingerprint density at radius 2 is 2.00 bits per heavy atom. The van der Waals surface area contributed by atoms with Gasteiger partial charge in [0.2, 0.25) is 5.91 Å². The van der Waals surface area contributed by atoms with Crippen molar-refractivity contribution in [3.63, 3.8) is 0 Å². The van der Waals surface area contributed by atoms with Gasteiger partial charge in [0.15, 0.2) is 0 Å². The van der Waals surface area contributed by atoms with Crippen LogP contribution < -0.4 is 11.5 Å². The molecule has 0 aromatic heterocycles. The molecular formula is C14H30N4O. The van der Waals surface area contributed by atoms with Crippen LogP contribution in [0.2, 0.25) is 0 Å². The van der Waals surface area contributed by atoms with E-state index in [1.54, 1.807) is 6.92 Å². The highest BCUT2D eigenvalue weighted by Crippen LogP contribution is 2.19. The van der Waals surface area contributed by atoms with Crippen LogP contribution in [0.3, 0.4) is 0 Å². The Morgan fingerprint density at radius 1 is 1.47 bits per heavy atom. The predicted molar refractivity (Wildman–Crippen MR) is 78.7 cm³/mol. The van der Waals surface area contributed by atoms with Crippen LogP contribution in [-0.2, 0) is 4.79 Å². The summed E-state index contributed by atoms with van der Waals surface area (Å²) in [4.78, 5) is 16.0. The van der Waals surface area contributed by atoms with Crippen LogP contribution in [0.1, 0.15) is 33.1 Å². The Bertz CT molecular complexity index is 298. The third-order valence-corrected chi connectivity index (χ3v) is 4.42. The molecule has 0 aliphatic carbocycles. The van der Waals surface area contributed by atoms with Gasteiger partial charge in [-0.1, -0.05) is 0 Å². The second kappa shape index (κ2) is 6.68. The molecule has 112 valence electrons. The molecule has 1 saturated heterocycles. The Morgan fingerprint density at radius 3 is 2.47 bits per heavy atom. The van der Waals surface area contributed by atoms with Crippen LogP contribution in [0, 0.1) is 5.92 Å². The summed E-state index contributed by atoms with van der Waals surface area (Å²) in [7, 11) is 4.29. The molecule has 0 spiro atoms. The Hall–Kier alpha value is -0.650. The lowest BCUT2D eigenvalue weighted by Crippen LogP contribution is -2.53. The molecular weight excluding hydrogens is 240 g/mol. The number of carbonyl (C=O) groups excluding carboxylic acids is 1. The monoisotopic (exact) mass is 270 g/mol. The van der Waals surface area contributed by atoms with E-state index in [0.29, 0.717) is 6.42 Å². The summed E-state index contributed by atoms with van der Waals surface area (Å²) in [6.07, 6.45) is 3.11. The smallest absolute Gasteiger partial charge is 0.237 e. The molecule has 2 atom stereocenters. The molecule has 5 nitrogen and oxygen atoms in total. The largest absolute Gasteiger partial charge is 0.368 e. The van der Waals surface area contributed by atoms with Gasteiger partial charge in [0.05, 0.1) is 5.54 Å². The van der Waals surface area contributed by atoms with Crippen molar-refractivity contribution in [1.82, 2.24) is 9.80 Å². The maximum absolute atomic E-state index is 11.3. The van der Waals surface area contributed by atoms with Crippen molar-refractivity contribution in [2.24, 2.45) is 17.4 Å². The van der Waals surface area contributed by atoms with Gasteiger partial charge in [-0.05, 0) is 66.2 Å². The van der Waals surface area contributed by atoms with Gasteiger partial charge in [0.25, 0.3) is 0 Å². The fourth-order valence-electron chi connectivity index (χ4n) is 2.70. The first kappa shape index (κ1) is 16.4. The Labute approximate surface area is 117 Å². The average molecular weight is 270 g/mol. The van der Waals surface area contributed by atoms with Gasteiger partial charge in [0, 0.05) is 12.6 Å². The summed E-state index contributed by atoms with van der Waals surface area (Å²) >= 11 is 0. The van der Waals surface area contributed by atoms with Gasteiger partial charge in [-0.3, -0.25) is 4.79 Å². The molecule has 1 rings (SSSR count). The SMILES string of the molecule is CC(CC(C)(N)C(N)=O)N(C)CC1CCN(C)CC1. The Kier molecular flexibility index (Phi) is 5.77. The van der Waals surface area contributed by atoms with Crippen molar-refractivity contribution in [2.75, 3.05) is 33.7 Å². The summed E-state index contributed by atoms with van der Waals surface area (Å²) in [6.45, 7) is 7.27. The number of carbonyl (C=O) groups is 1. The highest BCUT2D eigenvalue weighted by atomic mass is 16.1. The van der Waals surface area contributed by atoms with Crippen molar-refractivity contribution >= 4 is 5.91 Å². The fourth-order valence-corrected chi connectivity index (χ4v) is 2.70. The summed E-state index contributed by atoms with van der Waals surface area (Å²) in [5.41, 5.74) is 10.4. The number of primary amides is 1. The standard InChI is InChI=1S/C14H30N4O/c1-11(9-14(2,16)13(15)19)18(4)10-12-5-7-17(3)8-6-12/h11-12H,5-10,16H2,1-4H3,(H2,15,19). The molecule has 2 unspecified atom stereocenters. The number of piperidine rings is 1. The van der Waals surface area contributed by atoms with Gasteiger partial charge < -0.3 is 21.3 Å². The molecule has 1 heterocycles. The maximum atomic E-state index is 11.3. The fraction of sp³-hybridized carbons (Fsp3) is 0.929. The third kappa shape index (κ3) is 5.09. The van der Waals surface area contributed by atoms with Gasteiger partial charge in [-0.2, -0.15) is 0 Å². The number of amides is 1. The lowest BCUT2D eigenvalue weighted by molar-refractivity contribution is -0.123. The van der Waals surface area contributed by atoms with Crippen molar-refractivity contribution in [2.45, 2.75) is 44.7 Å². The number of likely N-dealkylation sites (tertiary alicyclic amines) is 1. The van der Waals surface area contributed by atoms with Crippen molar-refractivity contribution < 1.29 is 4.79 Å². The van der Waals surface area contributed by atoms with E-state index in [1.165, 1.54) is 25.9 Å². The van der Waals surface area contributed by atoms with Crippen LogP contribution in [0.25, 0.3) is 0 Å². The van der Waals surface area contributed by atoms with Crippen LogP contribution in [0.5, 0.6) is 0 Å². The van der Waals surface area contributed by atoms with Gasteiger partial charge in [-0.15, -0.1) is 0 Å². The second-order valence-electron chi connectivity index (χ2n) is 6.52. The van der Waals surface area contributed by atoms with Gasteiger partial charge in [0.1, 0.15) is 0 Å². The van der Waals surface area contributed by atoms with E-state index >= 15 is 0 Å². The number of hydrogen-bond donors (Lipinski definition) is 2. The van der Waals surface area contributed by atoms with Crippen molar-refractivity contribution in [1.29, 1.82) is 0 Å². The average Bonchev–Trinajstić information content (AvgIpc) is 2.31. The first-order valence-corrected chi connectivity index (χ1v) is 7.20. The highest BCUT2D eigenvalue weighted by molar-refractivity contribution is 5.83. The molecule has 19 heavy (non-hydrogen) atoms. The van der Waals surface area contributed by atoms with Crippen LogP contribution in [0.15, 0.2) is 0 Å². The zero-order valence-corrected chi connectivity index (χ0v) is 12.9. The van der Waals surface area contributed by atoms with Crippen LogP contribution >= 0.6 is 0 Å². The van der Waals surface area contributed by atoms with E-state index in [0.717, 1.165) is 12.5 Å². The third-order valence-electron chi connectivity index (χ3n) is 4.42. The van der Waals surface area contributed by atoms with Crippen molar-refractivity contribution in [3.8, 4) is 0 Å². The summed E-state index contributed by atoms with van der Waals surface area (Å²) in [5, 5.41) is 0. The molecule has 1 aliphatic heterocycles. The summed E-state index contributed by atoms with van der Waals surface area (Å²) in [5.74, 6) is 0.327. The number of hydrogen-bond acceptors (Lipinski definition) is 4. The van der Waals surface area contributed by atoms with E-state index in [4.69, 9.17) is 11.5 Å². The topological polar surface area (TPSA) is 75.6 Å². The minimum absolute atomic E-state index is 0.266. The second-order valence-corrected chi connectivity index (χ2v) is 6.52. The normalized spacial score (nSPS) is 23.3. The Balaban J connectivity index is 2.40. The van der Waals surface area contributed by atoms with E-state index in [-0.39, 0.29) is 6.04 Å². The minimum Gasteiger partial charge on any atom is -0.368 e. The lowest BCUT2D eigenvalue weighted by Gasteiger charge is -2.35. The molecule has 0 aromatic rings. The maximum Gasteiger partial charge on any atom is 0.237 e. The van der Waals surface area contributed by atoms with Gasteiger partial charge >= 0.3 is 0 Å². The van der Waals surface area contributed by atoms with Crippen LogP contribution in [0.4, 0.5) is 0 Å². The first-order valence-electron chi connectivity index (χ1n) is 7.20. The zero-order valence-electron chi connectivity index (χ0n) is 12.9. The molecule has 5 heteroatoms. The number of rotatable bonds is 6. The van der Waals surface area contributed by atoms with E-state index in [2.05, 4.69) is 30.8 Å². The summed E-state index contributed by atoms with van der Waals surface area (Å²) in [6, 6.07) is 0.266. The van der Waals surface area contributed by atoms with Crippen LogP contribution in [-0.4, -0.2) is 61.0 Å². The minimum atomic E-state index is -0.916. The molecule has 0 saturated carbocycles. The van der Waals surface area contributed by atoms with Crippen molar-refractivity contribution in [3.05, 3.63) is 0 Å². The first-order chi connectivity index (χ1) is 8.72. The van der Waals surface area contributed by atoms with E-state index in [1.807, 2.05) is 0 Å². The molecule has 4 N–H and O–H groups in total. The molecule has 1 fully saturated rings. The number of nitrogens with two attached hydrogens (primary N) is 2. The van der Waals surface area contributed by atoms with E-state index in [9.17, 15) is 4.79 Å². The predicted octanol–water partition coefficient (Wildman–Crippen LogP) is 0.241. The molecule has 1 amide bonds. The zero-order chi connectivity index (χ0) is 14.6.